The number of hydrogen-bond donors (Lipinski definition) is 1. The molecule has 0 aliphatic carbocycles. The number of benzene rings is 1. The first kappa shape index (κ1) is 7.86. The van der Waals surface area contributed by atoms with Crippen LogP contribution >= 0.6 is 0 Å². The fourth-order valence-corrected chi connectivity index (χ4v) is 1.01. The zero-order valence-corrected chi connectivity index (χ0v) is 6.67. The quantitative estimate of drug-likeness (QED) is 0.683. The van der Waals surface area contributed by atoms with Crippen LogP contribution < -0.4 is 0 Å². The van der Waals surface area contributed by atoms with Gasteiger partial charge in [-0.1, -0.05) is 31.7 Å². The summed E-state index contributed by atoms with van der Waals surface area (Å²) < 4.78 is 0. The van der Waals surface area contributed by atoms with Gasteiger partial charge in [-0.15, -0.1) is 0 Å². The second-order valence-electron chi connectivity index (χ2n) is 2.45. The van der Waals surface area contributed by atoms with Crippen molar-refractivity contribution in [3.05, 3.63) is 35.9 Å². The van der Waals surface area contributed by atoms with Crippen LogP contribution in [-0.4, -0.2) is 5.11 Å². The summed E-state index contributed by atoms with van der Waals surface area (Å²) in [6, 6.07) is 5.60. The van der Waals surface area contributed by atoms with E-state index in [1.165, 1.54) is 0 Å². The van der Waals surface area contributed by atoms with Crippen LogP contribution in [0.25, 0.3) is 6.08 Å². The van der Waals surface area contributed by atoms with Crippen molar-refractivity contribution in [1.29, 1.82) is 0 Å². The standard InChI is InChI=1S/C10H12O/c1-3-8-5-6-9(4-2)10(11)7-8/h3,5-7,11H,1,4H2,2H3. The molecule has 1 nitrogen and oxygen atoms in total. The monoisotopic (exact) mass is 148 g/mol. The fraction of sp³-hybridized carbons (Fsp3) is 0.200. The topological polar surface area (TPSA) is 20.2 Å². The summed E-state index contributed by atoms with van der Waals surface area (Å²) in [4.78, 5) is 0. The maximum atomic E-state index is 9.37. The van der Waals surface area contributed by atoms with E-state index in [4.69, 9.17) is 0 Å². The molecule has 1 N–H and O–H groups in total. The highest BCUT2D eigenvalue weighted by atomic mass is 16.3. The second kappa shape index (κ2) is 3.24. The minimum absolute atomic E-state index is 0.366. The number of hydrogen-bond acceptors (Lipinski definition) is 1. The van der Waals surface area contributed by atoms with Gasteiger partial charge in [0.15, 0.2) is 0 Å². The highest BCUT2D eigenvalue weighted by Gasteiger charge is 1.97. The van der Waals surface area contributed by atoms with Crippen LogP contribution in [0.5, 0.6) is 5.75 Å². The molecule has 11 heavy (non-hydrogen) atoms. The van der Waals surface area contributed by atoms with Crippen molar-refractivity contribution in [2.24, 2.45) is 0 Å². The molecule has 0 fully saturated rings. The van der Waals surface area contributed by atoms with Gasteiger partial charge in [0.05, 0.1) is 0 Å². The lowest BCUT2D eigenvalue weighted by Crippen LogP contribution is -1.81. The Bertz CT molecular complexity index is 264. The van der Waals surface area contributed by atoms with Crippen molar-refractivity contribution >= 4 is 6.08 Å². The second-order valence-corrected chi connectivity index (χ2v) is 2.45. The Morgan fingerprint density at radius 1 is 1.55 bits per heavy atom. The molecular formula is C10H12O. The molecule has 1 aromatic rings. The lowest BCUT2D eigenvalue weighted by molar-refractivity contribution is 0.469. The van der Waals surface area contributed by atoms with Crippen LogP contribution in [0.1, 0.15) is 18.1 Å². The van der Waals surface area contributed by atoms with Gasteiger partial charge in [-0.2, -0.15) is 0 Å². The Morgan fingerprint density at radius 3 is 2.73 bits per heavy atom. The van der Waals surface area contributed by atoms with Gasteiger partial charge in [0.25, 0.3) is 0 Å². The van der Waals surface area contributed by atoms with Crippen LogP contribution in [-0.2, 0) is 6.42 Å². The van der Waals surface area contributed by atoms with Crippen molar-refractivity contribution in [3.63, 3.8) is 0 Å². The molecule has 0 aliphatic heterocycles. The molecule has 0 heterocycles. The smallest absolute Gasteiger partial charge is 0.119 e. The summed E-state index contributed by atoms with van der Waals surface area (Å²) in [5.74, 6) is 0.366. The van der Waals surface area contributed by atoms with Crippen molar-refractivity contribution < 1.29 is 5.11 Å². The minimum atomic E-state index is 0.366. The number of phenolic OH excluding ortho intramolecular Hbond substituents is 1. The van der Waals surface area contributed by atoms with Crippen LogP contribution in [0.4, 0.5) is 0 Å². The summed E-state index contributed by atoms with van der Waals surface area (Å²) in [7, 11) is 0. The summed E-state index contributed by atoms with van der Waals surface area (Å²) in [6.07, 6.45) is 2.59. The van der Waals surface area contributed by atoms with Crippen LogP contribution in [0, 0.1) is 0 Å². The number of rotatable bonds is 2. The fourth-order valence-electron chi connectivity index (χ4n) is 1.01. The molecule has 0 saturated heterocycles. The molecule has 0 aromatic heterocycles. The van der Waals surface area contributed by atoms with Gasteiger partial charge in [0.1, 0.15) is 5.75 Å². The van der Waals surface area contributed by atoms with Gasteiger partial charge in [-0.05, 0) is 23.6 Å². The highest BCUT2D eigenvalue weighted by molar-refractivity contribution is 5.51. The molecular weight excluding hydrogens is 136 g/mol. The van der Waals surface area contributed by atoms with E-state index >= 15 is 0 Å². The third-order valence-electron chi connectivity index (χ3n) is 1.73. The number of phenols is 1. The third kappa shape index (κ3) is 1.61. The SMILES string of the molecule is C=Cc1ccc(CC)c(O)c1. The maximum absolute atomic E-state index is 9.37. The molecule has 0 bridgehead atoms. The Balaban J connectivity index is 3.09. The van der Waals surface area contributed by atoms with E-state index in [2.05, 4.69) is 6.58 Å². The maximum Gasteiger partial charge on any atom is 0.119 e. The van der Waals surface area contributed by atoms with E-state index in [9.17, 15) is 5.11 Å². The van der Waals surface area contributed by atoms with Crippen LogP contribution in [0.3, 0.4) is 0 Å². The molecule has 0 amide bonds. The molecule has 0 saturated carbocycles. The zero-order valence-electron chi connectivity index (χ0n) is 6.67. The third-order valence-corrected chi connectivity index (χ3v) is 1.73. The predicted molar refractivity (Wildman–Crippen MR) is 47.6 cm³/mol. The highest BCUT2D eigenvalue weighted by Crippen LogP contribution is 2.19. The molecule has 58 valence electrons. The van der Waals surface area contributed by atoms with E-state index in [0.717, 1.165) is 17.5 Å². The van der Waals surface area contributed by atoms with Crippen molar-refractivity contribution in [1.82, 2.24) is 0 Å². The van der Waals surface area contributed by atoms with E-state index < -0.39 is 0 Å². The van der Waals surface area contributed by atoms with Gasteiger partial charge in [0.2, 0.25) is 0 Å². The Morgan fingerprint density at radius 2 is 2.27 bits per heavy atom. The Hall–Kier alpha value is -1.24. The number of aryl methyl sites for hydroxylation is 1. The molecule has 1 heteroatoms. The molecule has 0 radical (unpaired) electrons. The van der Waals surface area contributed by atoms with E-state index in [0.29, 0.717) is 5.75 Å². The zero-order chi connectivity index (χ0) is 8.27. The van der Waals surface area contributed by atoms with Crippen LogP contribution in [0.15, 0.2) is 24.8 Å². The van der Waals surface area contributed by atoms with Gasteiger partial charge >= 0.3 is 0 Å². The predicted octanol–water partition coefficient (Wildman–Crippen LogP) is 2.60. The van der Waals surface area contributed by atoms with E-state index in [1.54, 1.807) is 12.1 Å². The summed E-state index contributed by atoms with van der Waals surface area (Å²) in [6.45, 7) is 5.63. The Kier molecular flexibility index (Phi) is 2.32. The first-order valence-electron chi connectivity index (χ1n) is 3.72. The first-order chi connectivity index (χ1) is 5.27. The minimum Gasteiger partial charge on any atom is -0.508 e. The molecule has 0 atom stereocenters. The number of aromatic hydroxyl groups is 1. The van der Waals surface area contributed by atoms with Crippen molar-refractivity contribution in [3.8, 4) is 5.75 Å². The van der Waals surface area contributed by atoms with Crippen LogP contribution in [0.2, 0.25) is 0 Å². The average Bonchev–Trinajstić information content (AvgIpc) is 2.04. The summed E-state index contributed by atoms with van der Waals surface area (Å²) >= 11 is 0. The largest absolute Gasteiger partial charge is 0.508 e. The van der Waals surface area contributed by atoms with Gasteiger partial charge in [-0.3, -0.25) is 0 Å². The molecule has 1 aromatic carbocycles. The lowest BCUT2D eigenvalue weighted by Gasteiger charge is -2.01. The average molecular weight is 148 g/mol. The molecule has 1 rings (SSSR count). The molecule has 0 unspecified atom stereocenters. The molecule has 0 spiro atoms. The first-order valence-corrected chi connectivity index (χ1v) is 3.72. The summed E-state index contributed by atoms with van der Waals surface area (Å²) in [5.41, 5.74) is 1.94. The van der Waals surface area contributed by atoms with Gasteiger partial charge < -0.3 is 5.11 Å². The van der Waals surface area contributed by atoms with E-state index in [1.807, 2.05) is 19.1 Å². The normalized spacial score (nSPS) is 9.55. The van der Waals surface area contributed by atoms with Gasteiger partial charge in [0, 0.05) is 0 Å². The van der Waals surface area contributed by atoms with Gasteiger partial charge in [-0.25, -0.2) is 0 Å². The molecule has 0 aliphatic rings. The Labute approximate surface area is 67.0 Å². The van der Waals surface area contributed by atoms with Crippen molar-refractivity contribution in [2.45, 2.75) is 13.3 Å². The van der Waals surface area contributed by atoms with Crippen molar-refractivity contribution in [2.75, 3.05) is 0 Å². The van der Waals surface area contributed by atoms with E-state index in [-0.39, 0.29) is 0 Å². The lowest BCUT2D eigenvalue weighted by atomic mass is 10.1. The summed E-state index contributed by atoms with van der Waals surface area (Å²) in [5, 5.41) is 9.37.